The van der Waals surface area contributed by atoms with E-state index in [1.54, 1.807) is 6.26 Å². The fourth-order valence-electron chi connectivity index (χ4n) is 1.92. The van der Waals surface area contributed by atoms with Crippen LogP contribution in [-0.2, 0) is 7.05 Å². The number of nitrogens with one attached hydrogen (secondary N) is 1. The molecule has 3 rings (SSSR count). The summed E-state index contributed by atoms with van der Waals surface area (Å²) < 4.78 is 7.24. The number of aromatic nitrogens is 2. The molecule has 1 N–H and O–H groups in total. The predicted octanol–water partition coefficient (Wildman–Crippen LogP) is 3.00. The second kappa shape index (κ2) is 4.61. The van der Waals surface area contributed by atoms with Crippen LogP contribution in [0.15, 0.2) is 52.2 Å². The molecular formula is C14H14N4O. The van der Waals surface area contributed by atoms with E-state index in [2.05, 4.69) is 15.5 Å². The van der Waals surface area contributed by atoms with Crippen molar-refractivity contribution < 1.29 is 4.42 Å². The molecule has 96 valence electrons. The molecule has 1 aromatic carbocycles. The maximum absolute atomic E-state index is 5.27. The van der Waals surface area contributed by atoms with Crippen LogP contribution < -0.4 is 5.43 Å². The van der Waals surface area contributed by atoms with E-state index in [9.17, 15) is 0 Å². The van der Waals surface area contributed by atoms with Gasteiger partial charge >= 0.3 is 0 Å². The maximum atomic E-state index is 5.27. The molecule has 0 aliphatic heterocycles. The van der Waals surface area contributed by atoms with Crippen LogP contribution in [0.2, 0.25) is 0 Å². The molecular weight excluding hydrogens is 240 g/mol. The van der Waals surface area contributed by atoms with Gasteiger partial charge in [-0.05, 0) is 31.2 Å². The number of fused-ring (bicyclic) bond motifs is 1. The number of aryl methyl sites for hydroxylation is 1. The van der Waals surface area contributed by atoms with E-state index >= 15 is 0 Å². The molecule has 0 spiro atoms. The molecule has 3 aromatic rings. The van der Waals surface area contributed by atoms with Crippen LogP contribution in [0, 0.1) is 0 Å². The number of benzene rings is 1. The Kier molecular flexibility index (Phi) is 2.79. The van der Waals surface area contributed by atoms with Gasteiger partial charge in [0.2, 0.25) is 5.95 Å². The smallest absolute Gasteiger partial charge is 0.224 e. The Morgan fingerprint density at radius 3 is 2.84 bits per heavy atom. The molecule has 0 unspecified atom stereocenters. The first-order valence-corrected chi connectivity index (χ1v) is 6.01. The largest absolute Gasteiger partial charge is 0.463 e. The van der Waals surface area contributed by atoms with Gasteiger partial charge in [-0.15, -0.1) is 0 Å². The van der Waals surface area contributed by atoms with Gasteiger partial charge < -0.3 is 8.98 Å². The quantitative estimate of drug-likeness (QED) is 0.577. The third-order valence-electron chi connectivity index (χ3n) is 2.99. The molecule has 0 aliphatic carbocycles. The summed E-state index contributed by atoms with van der Waals surface area (Å²) in [6.45, 7) is 1.88. The summed E-state index contributed by atoms with van der Waals surface area (Å²) in [5.74, 6) is 1.44. The second-order valence-corrected chi connectivity index (χ2v) is 4.27. The number of rotatable bonds is 3. The van der Waals surface area contributed by atoms with E-state index < -0.39 is 0 Å². The topological polar surface area (TPSA) is 55.4 Å². The van der Waals surface area contributed by atoms with E-state index in [-0.39, 0.29) is 0 Å². The molecule has 2 heterocycles. The summed E-state index contributed by atoms with van der Waals surface area (Å²) in [7, 11) is 1.95. The van der Waals surface area contributed by atoms with Gasteiger partial charge in [-0.3, -0.25) is 0 Å². The zero-order valence-electron chi connectivity index (χ0n) is 10.8. The Morgan fingerprint density at radius 2 is 2.11 bits per heavy atom. The number of hydrogen-bond acceptors (Lipinski definition) is 4. The lowest BCUT2D eigenvalue weighted by Crippen LogP contribution is -2.02. The lowest BCUT2D eigenvalue weighted by Gasteiger charge is -2.01. The summed E-state index contributed by atoms with van der Waals surface area (Å²) in [5, 5.41) is 4.28. The highest BCUT2D eigenvalue weighted by Gasteiger charge is 2.06. The summed E-state index contributed by atoms with van der Waals surface area (Å²) in [4.78, 5) is 4.48. The minimum Gasteiger partial charge on any atom is -0.463 e. The highest BCUT2D eigenvalue weighted by Crippen LogP contribution is 2.17. The zero-order chi connectivity index (χ0) is 13.2. The highest BCUT2D eigenvalue weighted by atomic mass is 16.3. The average Bonchev–Trinajstić information content (AvgIpc) is 3.05. The van der Waals surface area contributed by atoms with Crippen molar-refractivity contribution in [3.05, 3.63) is 48.4 Å². The minimum absolute atomic E-state index is 0.701. The van der Waals surface area contributed by atoms with Crippen LogP contribution in [0.4, 0.5) is 5.95 Å². The Bertz CT molecular complexity index is 725. The van der Waals surface area contributed by atoms with E-state index in [1.807, 2.05) is 54.9 Å². The lowest BCUT2D eigenvalue weighted by molar-refractivity contribution is 0.557. The Hall–Kier alpha value is -2.56. The van der Waals surface area contributed by atoms with Crippen LogP contribution >= 0.6 is 0 Å². The normalized spacial score (nSPS) is 12.0. The van der Waals surface area contributed by atoms with E-state index in [0.29, 0.717) is 5.95 Å². The summed E-state index contributed by atoms with van der Waals surface area (Å²) in [5.41, 5.74) is 5.75. The van der Waals surface area contributed by atoms with Crippen molar-refractivity contribution >= 4 is 22.7 Å². The fourth-order valence-corrected chi connectivity index (χ4v) is 1.92. The van der Waals surface area contributed by atoms with Gasteiger partial charge in [0.05, 0.1) is 17.3 Å². The van der Waals surface area contributed by atoms with Gasteiger partial charge in [0.1, 0.15) is 11.5 Å². The molecule has 2 aromatic heterocycles. The zero-order valence-corrected chi connectivity index (χ0v) is 10.8. The minimum atomic E-state index is 0.701. The molecule has 0 aliphatic rings. The van der Waals surface area contributed by atoms with Crippen molar-refractivity contribution in [3.63, 3.8) is 0 Å². The van der Waals surface area contributed by atoms with E-state index in [0.717, 1.165) is 22.5 Å². The Balaban J connectivity index is 1.90. The molecule has 19 heavy (non-hydrogen) atoms. The lowest BCUT2D eigenvalue weighted by atomic mass is 10.3. The van der Waals surface area contributed by atoms with Crippen LogP contribution in [0.5, 0.6) is 0 Å². The molecule has 0 atom stereocenters. The van der Waals surface area contributed by atoms with Crippen molar-refractivity contribution in [1.29, 1.82) is 0 Å². The van der Waals surface area contributed by atoms with Gasteiger partial charge in [-0.2, -0.15) is 5.10 Å². The standard InChI is InChI=1S/C14H14N4O/c1-10(13-8-5-9-19-13)16-17-14-15-11-6-3-4-7-12(11)18(14)2/h3-9H,1-2H3,(H,15,17)/b16-10+. The van der Waals surface area contributed by atoms with Crippen LogP contribution in [-0.4, -0.2) is 15.3 Å². The van der Waals surface area contributed by atoms with Gasteiger partial charge in [0, 0.05) is 7.05 Å². The van der Waals surface area contributed by atoms with Crippen molar-refractivity contribution in [2.45, 2.75) is 6.92 Å². The molecule has 0 radical (unpaired) electrons. The number of hydrazone groups is 1. The first-order valence-electron chi connectivity index (χ1n) is 6.01. The van der Waals surface area contributed by atoms with Crippen molar-refractivity contribution in [1.82, 2.24) is 9.55 Å². The van der Waals surface area contributed by atoms with E-state index in [4.69, 9.17) is 4.42 Å². The predicted molar refractivity (Wildman–Crippen MR) is 75.3 cm³/mol. The first kappa shape index (κ1) is 11.5. The van der Waals surface area contributed by atoms with Crippen molar-refractivity contribution in [3.8, 4) is 0 Å². The summed E-state index contributed by atoms with van der Waals surface area (Å²) in [6, 6.07) is 11.7. The third-order valence-corrected chi connectivity index (χ3v) is 2.99. The number of hydrogen-bond donors (Lipinski definition) is 1. The second-order valence-electron chi connectivity index (χ2n) is 4.27. The van der Waals surface area contributed by atoms with Crippen LogP contribution in [0.1, 0.15) is 12.7 Å². The van der Waals surface area contributed by atoms with Crippen molar-refractivity contribution in [2.75, 3.05) is 5.43 Å². The average molecular weight is 254 g/mol. The molecule has 0 saturated carbocycles. The highest BCUT2D eigenvalue weighted by molar-refractivity contribution is 5.96. The van der Waals surface area contributed by atoms with Gasteiger partial charge in [-0.25, -0.2) is 10.4 Å². The van der Waals surface area contributed by atoms with Crippen molar-refractivity contribution in [2.24, 2.45) is 12.1 Å². The van der Waals surface area contributed by atoms with E-state index in [1.165, 1.54) is 0 Å². The van der Waals surface area contributed by atoms with Crippen LogP contribution in [0.3, 0.4) is 0 Å². The molecule has 0 fully saturated rings. The summed E-state index contributed by atoms with van der Waals surface area (Å²) >= 11 is 0. The fraction of sp³-hybridized carbons (Fsp3) is 0.143. The summed E-state index contributed by atoms with van der Waals surface area (Å²) in [6.07, 6.45) is 1.63. The number of para-hydroxylation sites is 2. The number of furan rings is 1. The van der Waals surface area contributed by atoms with Crippen LogP contribution in [0.25, 0.3) is 11.0 Å². The number of imidazole rings is 1. The maximum Gasteiger partial charge on any atom is 0.224 e. The molecule has 5 nitrogen and oxygen atoms in total. The number of nitrogens with zero attached hydrogens (tertiary/aromatic N) is 3. The number of anilines is 1. The molecule has 5 heteroatoms. The Labute approximate surface area is 110 Å². The SMILES string of the molecule is C/C(=N\Nc1nc2ccccc2n1C)c1ccco1. The molecule has 0 bridgehead atoms. The Morgan fingerprint density at radius 1 is 1.26 bits per heavy atom. The molecule has 0 amide bonds. The molecule has 0 saturated heterocycles. The van der Waals surface area contributed by atoms with Gasteiger partial charge in [-0.1, -0.05) is 12.1 Å². The third kappa shape index (κ3) is 2.10. The van der Waals surface area contributed by atoms with Gasteiger partial charge in [0.15, 0.2) is 0 Å². The van der Waals surface area contributed by atoms with Gasteiger partial charge in [0.25, 0.3) is 0 Å². The first-order chi connectivity index (χ1) is 9.25. The monoisotopic (exact) mass is 254 g/mol.